The first-order valence-electron chi connectivity index (χ1n) is 6.81. The van der Waals surface area contributed by atoms with Crippen LogP contribution in [0.5, 0.6) is 0 Å². The number of nitrogens with zero attached hydrogens (tertiary/aromatic N) is 1. The normalized spacial score (nSPS) is 12.8. The maximum atomic E-state index is 13.3. The lowest BCUT2D eigenvalue weighted by atomic mass is 10.0. The number of benzene rings is 1. The number of hydrogen-bond acceptors (Lipinski definition) is 3. The highest BCUT2D eigenvalue weighted by molar-refractivity contribution is 5.99. The van der Waals surface area contributed by atoms with E-state index < -0.39 is 5.82 Å². The Morgan fingerprint density at radius 1 is 1.40 bits per heavy atom. The smallest absolute Gasteiger partial charge is 0.253 e. The summed E-state index contributed by atoms with van der Waals surface area (Å²) < 4.78 is 13.3. The van der Waals surface area contributed by atoms with Crippen LogP contribution in [-0.4, -0.2) is 37.5 Å². The maximum Gasteiger partial charge on any atom is 0.253 e. The molecule has 0 spiro atoms. The summed E-state index contributed by atoms with van der Waals surface area (Å²) in [6, 6.07) is 4.50. The number of likely N-dealkylation sites (N-methyl/N-ethyl adjacent to an activating group) is 1. The molecule has 1 aromatic rings. The third-order valence-corrected chi connectivity index (χ3v) is 3.27. The number of nitrogens with one attached hydrogen (secondary N) is 1. The van der Waals surface area contributed by atoms with E-state index in [0.717, 1.165) is 6.42 Å². The number of amides is 1. The Labute approximate surface area is 120 Å². The summed E-state index contributed by atoms with van der Waals surface area (Å²) in [5, 5.41) is 2.83. The minimum absolute atomic E-state index is 0.102. The van der Waals surface area contributed by atoms with Crippen molar-refractivity contribution in [3.8, 4) is 0 Å². The topological polar surface area (TPSA) is 58.4 Å². The van der Waals surface area contributed by atoms with Crippen LogP contribution in [0.2, 0.25) is 0 Å². The maximum absolute atomic E-state index is 13.3. The van der Waals surface area contributed by atoms with Gasteiger partial charge in [0, 0.05) is 12.6 Å². The van der Waals surface area contributed by atoms with E-state index in [1.54, 1.807) is 0 Å². The van der Waals surface area contributed by atoms with Crippen molar-refractivity contribution in [2.45, 2.75) is 26.3 Å². The molecule has 1 amide bonds. The molecule has 1 rings (SSSR count). The molecule has 0 aromatic heterocycles. The number of rotatable bonds is 6. The molecule has 3 N–H and O–H groups in total. The summed E-state index contributed by atoms with van der Waals surface area (Å²) in [7, 11) is 3.96. The minimum Gasteiger partial charge on any atom is -0.396 e. The van der Waals surface area contributed by atoms with E-state index in [9.17, 15) is 9.18 Å². The van der Waals surface area contributed by atoms with Crippen molar-refractivity contribution in [3.05, 3.63) is 29.6 Å². The van der Waals surface area contributed by atoms with Crippen molar-refractivity contribution in [3.63, 3.8) is 0 Å². The number of hydrogen-bond donors (Lipinski definition) is 2. The summed E-state index contributed by atoms with van der Waals surface area (Å²) >= 11 is 0. The molecule has 112 valence electrons. The Hall–Kier alpha value is -1.62. The third-order valence-electron chi connectivity index (χ3n) is 3.27. The molecule has 1 aromatic carbocycles. The molecule has 0 fully saturated rings. The van der Waals surface area contributed by atoms with Gasteiger partial charge in [0.15, 0.2) is 0 Å². The van der Waals surface area contributed by atoms with Gasteiger partial charge in [-0.05, 0) is 38.6 Å². The van der Waals surface area contributed by atoms with E-state index in [1.165, 1.54) is 18.2 Å². The lowest BCUT2D eigenvalue weighted by Crippen LogP contribution is -2.41. The fraction of sp³-hybridized carbons (Fsp3) is 0.533. The van der Waals surface area contributed by atoms with E-state index in [1.807, 2.05) is 14.1 Å². The second kappa shape index (κ2) is 7.24. The summed E-state index contributed by atoms with van der Waals surface area (Å²) in [6.07, 6.45) is 0.978. The average molecular weight is 281 g/mol. The zero-order chi connectivity index (χ0) is 15.3. The SMILES string of the molecule is CC(C)CC(CNC(=O)c1cccc(F)c1N)N(C)C. The predicted octanol–water partition coefficient (Wildman–Crippen LogP) is 2.11. The van der Waals surface area contributed by atoms with Gasteiger partial charge in [-0.25, -0.2) is 4.39 Å². The summed E-state index contributed by atoms with van der Waals surface area (Å²) in [4.78, 5) is 14.1. The van der Waals surface area contributed by atoms with Crippen molar-refractivity contribution in [2.75, 3.05) is 26.4 Å². The standard InChI is InChI=1S/C15H24FN3O/c1-10(2)8-11(19(3)4)9-18-15(20)12-6-5-7-13(16)14(12)17/h5-7,10-11H,8-9,17H2,1-4H3,(H,18,20). The van der Waals surface area contributed by atoms with Gasteiger partial charge in [-0.2, -0.15) is 0 Å². The molecule has 0 aliphatic rings. The fourth-order valence-corrected chi connectivity index (χ4v) is 2.06. The second-order valence-electron chi connectivity index (χ2n) is 5.66. The van der Waals surface area contributed by atoms with Crippen LogP contribution in [-0.2, 0) is 0 Å². The van der Waals surface area contributed by atoms with Crippen molar-refractivity contribution in [1.82, 2.24) is 10.2 Å². The van der Waals surface area contributed by atoms with E-state index in [4.69, 9.17) is 5.73 Å². The molecule has 5 heteroatoms. The minimum atomic E-state index is -0.566. The molecule has 0 saturated carbocycles. The molecule has 20 heavy (non-hydrogen) atoms. The highest BCUT2D eigenvalue weighted by atomic mass is 19.1. The molecule has 0 saturated heterocycles. The molecule has 0 heterocycles. The first-order valence-corrected chi connectivity index (χ1v) is 6.81. The zero-order valence-corrected chi connectivity index (χ0v) is 12.6. The Bertz CT molecular complexity index is 460. The molecular formula is C15H24FN3O. The predicted molar refractivity (Wildman–Crippen MR) is 80.1 cm³/mol. The molecule has 0 aliphatic heterocycles. The van der Waals surface area contributed by atoms with Crippen LogP contribution in [0.4, 0.5) is 10.1 Å². The first kappa shape index (κ1) is 16.4. The Morgan fingerprint density at radius 2 is 2.05 bits per heavy atom. The summed E-state index contributed by atoms with van der Waals surface area (Å²) in [5.74, 6) is -0.361. The van der Waals surface area contributed by atoms with Crippen molar-refractivity contribution >= 4 is 11.6 Å². The van der Waals surface area contributed by atoms with E-state index in [0.29, 0.717) is 12.5 Å². The Kier molecular flexibility index (Phi) is 5.95. The van der Waals surface area contributed by atoms with Gasteiger partial charge >= 0.3 is 0 Å². The third kappa shape index (κ3) is 4.49. The Balaban J connectivity index is 2.68. The number of nitrogens with two attached hydrogens (primary N) is 1. The van der Waals surface area contributed by atoms with Crippen LogP contribution in [0.3, 0.4) is 0 Å². The lowest BCUT2D eigenvalue weighted by molar-refractivity contribution is 0.0939. The van der Waals surface area contributed by atoms with Crippen LogP contribution in [0, 0.1) is 11.7 Å². The molecule has 1 unspecified atom stereocenters. The van der Waals surface area contributed by atoms with Gasteiger partial charge in [-0.3, -0.25) is 4.79 Å². The Morgan fingerprint density at radius 3 is 2.60 bits per heavy atom. The van der Waals surface area contributed by atoms with Gasteiger partial charge in [0.25, 0.3) is 5.91 Å². The molecule has 4 nitrogen and oxygen atoms in total. The van der Waals surface area contributed by atoms with Gasteiger partial charge < -0.3 is 16.0 Å². The van der Waals surface area contributed by atoms with Gasteiger partial charge in [0.1, 0.15) is 5.82 Å². The van der Waals surface area contributed by atoms with Crippen LogP contribution < -0.4 is 11.1 Å². The van der Waals surface area contributed by atoms with Crippen molar-refractivity contribution in [1.29, 1.82) is 0 Å². The van der Waals surface area contributed by atoms with Gasteiger partial charge in [0.2, 0.25) is 0 Å². The van der Waals surface area contributed by atoms with E-state index >= 15 is 0 Å². The van der Waals surface area contributed by atoms with Crippen LogP contribution in [0.1, 0.15) is 30.6 Å². The summed E-state index contributed by atoms with van der Waals surface area (Å²) in [5.41, 5.74) is 5.67. The highest BCUT2D eigenvalue weighted by Gasteiger charge is 2.17. The molecule has 0 radical (unpaired) electrons. The molecular weight excluding hydrogens is 257 g/mol. The molecule has 1 atom stereocenters. The monoisotopic (exact) mass is 281 g/mol. The second-order valence-corrected chi connectivity index (χ2v) is 5.66. The number of para-hydroxylation sites is 1. The average Bonchev–Trinajstić information content (AvgIpc) is 2.36. The largest absolute Gasteiger partial charge is 0.396 e. The number of halogens is 1. The highest BCUT2D eigenvalue weighted by Crippen LogP contribution is 2.15. The van der Waals surface area contributed by atoms with Crippen molar-refractivity contribution < 1.29 is 9.18 Å². The molecule has 0 bridgehead atoms. The van der Waals surface area contributed by atoms with Crippen LogP contribution in [0.25, 0.3) is 0 Å². The number of anilines is 1. The first-order chi connectivity index (χ1) is 9.32. The van der Waals surface area contributed by atoms with Crippen LogP contribution >= 0.6 is 0 Å². The van der Waals surface area contributed by atoms with E-state index in [-0.39, 0.29) is 23.2 Å². The van der Waals surface area contributed by atoms with Gasteiger partial charge in [0.05, 0.1) is 11.3 Å². The van der Waals surface area contributed by atoms with Gasteiger partial charge in [-0.1, -0.05) is 19.9 Å². The van der Waals surface area contributed by atoms with Gasteiger partial charge in [-0.15, -0.1) is 0 Å². The molecule has 0 aliphatic carbocycles. The zero-order valence-electron chi connectivity index (χ0n) is 12.6. The quantitative estimate of drug-likeness (QED) is 0.785. The number of carbonyl (C=O) groups excluding carboxylic acids is 1. The van der Waals surface area contributed by atoms with Crippen molar-refractivity contribution in [2.24, 2.45) is 5.92 Å². The number of nitrogen functional groups attached to an aromatic ring is 1. The lowest BCUT2D eigenvalue weighted by Gasteiger charge is -2.26. The number of carbonyl (C=O) groups is 1. The summed E-state index contributed by atoms with van der Waals surface area (Å²) in [6.45, 7) is 4.80. The fourth-order valence-electron chi connectivity index (χ4n) is 2.06. The van der Waals surface area contributed by atoms with Crippen LogP contribution in [0.15, 0.2) is 18.2 Å². The van der Waals surface area contributed by atoms with E-state index in [2.05, 4.69) is 24.1 Å².